The summed E-state index contributed by atoms with van der Waals surface area (Å²) in [6, 6.07) is 7.68. The molecule has 0 spiro atoms. The second kappa shape index (κ2) is 4.62. The predicted octanol–water partition coefficient (Wildman–Crippen LogP) is 1.77. The van der Waals surface area contributed by atoms with Gasteiger partial charge in [-0.05, 0) is 29.3 Å². The molecular weight excluding hydrogens is 240 g/mol. The Morgan fingerprint density at radius 2 is 1.95 bits per heavy atom. The average molecular weight is 252 g/mol. The number of hydrogen-bond donors (Lipinski definition) is 2. The van der Waals surface area contributed by atoms with Crippen molar-refractivity contribution in [2.75, 3.05) is 5.73 Å². The van der Waals surface area contributed by atoms with E-state index in [1.807, 2.05) is 24.3 Å². The standard InChI is InChI=1S/C14H12N4O/c15-14-12-4-10(1-2-13(12)17-8-18-14)11-3-9(7-19)5-16-6-11/h1-6,8,19H,7H2,(H2,15,17,18). The molecule has 0 bridgehead atoms. The summed E-state index contributed by atoms with van der Waals surface area (Å²) in [5, 5.41) is 9.96. The summed E-state index contributed by atoms with van der Waals surface area (Å²) in [7, 11) is 0. The van der Waals surface area contributed by atoms with Crippen molar-refractivity contribution in [3.05, 3.63) is 48.5 Å². The van der Waals surface area contributed by atoms with Crippen LogP contribution in [0.4, 0.5) is 5.82 Å². The fraction of sp³-hybridized carbons (Fsp3) is 0.0714. The Bertz CT molecular complexity index is 742. The van der Waals surface area contributed by atoms with E-state index in [0.29, 0.717) is 5.82 Å². The molecule has 3 rings (SSSR count). The van der Waals surface area contributed by atoms with Crippen LogP contribution < -0.4 is 5.73 Å². The zero-order chi connectivity index (χ0) is 13.2. The van der Waals surface area contributed by atoms with Crippen molar-refractivity contribution in [1.82, 2.24) is 15.0 Å². The molecule has 5 heteroatoms. The van der Waals surface area contributed by atoms with Crippen LogP contribution in [0, 0.1) is 0 Å². The van der Waals surface area contributed by atoms with Gasteiger partial charge in [0.05, 0.1) is 12.1 Å². The summed E-state index contributed by atoms with van der Waals surface area (Å²) in [6.07, 6.45) is 4.84. The summed E-state index contributed by atoms with van der Waals surface area (Å²) in [4.78, 5) is 12.3. The number of aliphatic hydroxyl groups is 1. The van der Waals surface area contributed by atoms with Gasteiger partial charge >= 0.3 is 0 Å². The molecule has 19 heavy (non-hydrogen) atoms. The third kappa shape index (κ3) is 2.11. The van der Waals surface area contributed by atoms with E-state index in [0.717, 1.165) is 27.6 Å². The molecule has 0 aliphatic carbocycles. The summed E-state index contributed by atoms with van der Waals surface area (Å²) in [5.41, 5.74) is 9.33. The molecule has 5 nitrogen and oxygen atoms in total. The molecule has 3 N–H and O–H groups in total. The van der Waals surface area contributed by atoms with E-state index < -0.39 is 0 Å². The molecule has 0 aliphatic rings. The van der Waals surface area contributed by atoms with Gasteiger partial charge in [-0.15, -0.1) is 0 Å². The maximum Gasteiger partial charge on any atom is 0.134 e. The highest BCUT2D eigenvalue weighted by Gasteiger charge is 2.04. The molecule has 0 amide bonds. The van der Waals surface area contributed by atoms with Crippen LogP contribution >= 0.6 is 0 Å². The maximum absolute atomic E-state index is 9.14. The minimum absolute atomic E-state index is 0.0281. The molecule has 2 heterocycles. The van der Waals surface area contributed by atoms with Crippen molar-refractivity contribution >= 4 is 16.7 Å². The monoisotopic (exact) mass is 252 g/mol. The Labute approximate surface area is 109 Å². The third-order valence-electron chi connectivity index (χ3n) is 2.98. The van der Waals surface area contributed by atoms with Gasteiger partial charge in [0.1, 0.15) is 12.1 Å². The fourth-order valence-corrected chi connectivity index (χ4v) is 1.99. The van der Waals surface area contributed by atoms with Gasteiger partial charge < -0.3 is 10.8 Å². The molecular formula is C14H12N4O. The first-order chi connectivity index (χ1) is 9.28. The number of aromatic nitrogens is 3. The van der Waals surface area contributed by atoms with E-state index in [-0.39, 0.29) is 6.61 Å². The van der Waals surface area contributed by atoms with Gasteiger partial charge in [0.15, 0.2) is 0 Å². The molecule has 1 aromatic carbocycles. The van der Waals surface area contributed by atoms with Crippen LogP contribution in [-0.2, 0) is 6.61 Å². The zero-order valence-corrected chi connectivity index (χ0v) is 10.1. The van der Waals surface area contributed by atoms with Gasteiger partial charge in [-0.2, -0.15) is 0 Å². The first-order valence-corrected chi connectivity index (χ1v) is 5.83. The van der Waals surface area contributed by atoms with Crippen molar-refractivity contribution in [2.24, 2.45) is 0 Å². The van der Waals surface area contributed by atoms with Crippen LogP contribution in [0.1, 0.15) is 5.56 Å². The zero-order valence-electron chi connectivity index (χ0n) is 10.1. The van der Waals surface area contributed by atoms with Crippen LogP contribution in [0.25, 0.3) is 22.0 Å². The Hall–Kier alpha value is -2.53. The molecule has 0 saturated heterocycles. The number of nitrogen functional groups attached to an aromatic ring is 1. The first-order valence-electron chi connectivity index (χ1n) is 5.83. The van der Waals surface area contributed by atoms with E-state index in [9.17, 15) is 0 Å². The van der Waals surface area contributed by atoms with E-state index in [1.165, 1.54) is 6.33 Å². The Kier molecular flexibility index (Phi) is 2.81. The second-order valence-corrected chi connectivity index (χ2v) is 4.23. The number of aliphatic hydroxyl groups excluding tert-OH is 1. The van der Waals surface area contributed by atoms with E-state index >= 15 is 0 Å². The number of nitrogens with two attached hydrogens (primary N) is 1. The quantitative estimate of drug-likeness (QED) is 0.726. The lowest BCUT2D eigenvalue weighted by Gasteiger charge is -2.06. The highest BCUT2D eigenvalue weighted by Crippen LogP contribution is 2.25. The Morgan fingerprint density at radius 1 is 1.05 bits per heavy atom. The topological polar surface area (TPSA) is 84.9 Å². The average Bonchev–Trinajstić information content (AvgIpc) is 2.47. The number of benzene rings is 1. The lowest BCUT2D eigenvalue weighted by atomic mass is 10.0. The highest BCUT2D eigenvalue weighted by molar-refractivity contribution is 5.91. The highest BCUT2D eigenvalue weighted by atomic mass is 16.3. The third-order valence-corrected chi connectivity index (χ3v) is 2.98. The minimum Gasteiger partial charge on any atom is -0.392 e. The number of anilines is 1. The molecule has 3 aromatic rings. The molecule has 2 aromatic heterocycles. The first kappa shape index (κ1) is 11.6. The second-order valence-electron chi connectivity index (χ2n) is 4.23. The van der Waals surface area contributed by atoms with E-state index in [2.05, 4.69) is 15.0 Å². The van der Waals surface area contributed by atoms with Gasteiger partial charge in [-0.1, -0.05) is 6.07 Å². The van der Waals surface area contributed by atoms with Crippen molar-refractivity contribution < 1.29 is 5.11 Å². The lowest BCUT2D eigenvalue weighted by molar-refractivity contribution is 0.281. The number of pyridine rings is 1. The Balaban J connectivity index is 2.17. The summed E-state index contributed by atoms with van der Waals surface area (Å²) >= 11 is 0. The number of rotatable bonds is 2. The fourth-order valence-electron chi connectivity index (χ4n) is 1.99. The summed E-state index contributed by atoms with van der Waals surface area (Å²) in [6.45, 7) is -0.0281. The summed E-state index contributed by atoms with van der Waals surface area (Å²) in [5.74, 6) is 0.457. The molecule has 0 radical (unpaired) electrons. The van der Waals surface area contributed by atoms with Gasteiger partial charge in [0.2, 0.25) is 0 Å². The van der Waals surface area contributed by atoms with Crippen LogP contribution in [0.5, 0.6) is 0 Å². The van der Waals surface area contributed by atoms with Crippen LogP contribution in [0.2, 0.25) is 0 Å². The maximum atomic E-state index is 9.14. The molecule has 0 saturated carbocycles. The van der Waals surface area contributed by atoms with Crippen molar-refractivity contribution in [2.45, 2.75) is 6.61 Å². The number of fused-ring (bicyclic) bond motifs is 1. The van der Waals surface area contributed by atoms with Gasteiger partial charge in [0.25, 0.3) is 0 Å². The van der Waals surface area contributed by atoms with Crippen LogP contribution in [-0.4, -0.2) is 20.1 Å². The van der Waals surface area contributed by atoms with Crippen molar-refractivity contribution in [3.8, 4) is 11.1 Å². The predicted molar refractivity (Wildman–Crippen MR) is 73.1 cm³/mol. The largest absolute Gasteiger partial charge is 0.392 e. The van der Waals surface area contributed by atoms with Gasteiger partial charge in [0, 0.05) is 23.3 Å². The number of hydrogen-bond acceptors (Lipinski definition) is 5. The number of nitrogens with zero attached hydrogens (tertiary/aromatic N) is 3. The van der Waals surface area contributed by atoms with E-state index in [4.69, 9.17) is 10.8 Å². The van der Waals surface area contributed by atoms with E-state index in [1.54, 1.807) is 12.4 Å². The Morgan fingerprint density at radius 3 is 2.79 bits per heavy atom. The lowest BCUT2D eigenvalue weighted by Crippen LogP contribution is -1.93. The van der Waals surface area contributed by atoms with Crippen LogP contribution in [0.15, 0.2) is 43.0 Å². The minimum atomic E-state index is -0.0281. The molecule has 0 atom stereocenters. The molecule has 0 unspecified atom stereocenters. The summed E-state index contributed by atoms with van der Waals surface area (Å²) < 4.78 is 0. The van der Waals surface area contributed by atoms with Gasteiger partial charge in [-0.25, -0.2) is 9.97 Å². The smallest absolute Gasteiger partial charge is 0.134 e. The van der Waals surface area contributed by atoms with Gasteiger partial charge in [-0.3, -0.25) is 4.98 Å². The molecule has 0 fully saturated rings. The van der Waals surface area contributed by atoms with Crippen molar-refractivity contribution in [3.63, 3.8) is 0 Å². The molecule has 0 aliphatic heterocycles. The van der Waals surface area contributed by atoms with Crippen LogP contribution in [0.3, 0.4) is 0 Å². The normalized spacial score (nSPS) is 10.8. The SMILES string of the molecule is Nc1ncnc2ccc(-c3cncc(CO)c3)cc12. The van der Waals surface area contributed by atoms with Crippen molar-refractivity contribution in [1.29, 1.82) is 0 Å². The molecule has 94 valence electrons.